The average molecular weight is 378 g/mol. The summed E-state index contributed by atoms with van der Waals surface area (Å²) < 4.78 is 63.3. The minimum Gasteiger partial charge on any atom is -0.279 e. The van der Waals surface area contributed by atoms with E-state index in [4.69, 9.17) is 11.6 Å². The molecule has 0 aromatic heterocycles. The van der Waals surface area contributed by atoms with Crippen molar-refractivity contribution in [3.8, 4) is 0 Å². The average Bonchev–Trinajstić information content (AvgIpc) is 2.42. The van der Waals surface area contributed by atoms with Gasteiger partial charge in [-0.1, -0.05) is 17.7 Å². The van der Waals surface area contributed by atoms with Crippen LogP contribution in [0.3, 0.4) is 0 Å². The van der Waals surface area contributed by atoms with E-state index >= 15 is 0 Å². The van der Waals surface area contributed by atoms with E-state index in [1.165, 1.54) is 18.2 Å². The fourth-order valence-electron chi connectivity index (χ4n) is 1.79. The smallest absolute Gasteiger partial charge is 0.261 e. The Bertz CT molecular complexity index is 972. The summed E-state index contributed by atoms with van der Waals surface area (Å²) in [5.74, 6) is -0.735. The predicted octanol–water partition coefficient (Wildman–Crippen LogP) is 2.99. The molecule has 0 aliphatic carbocycles. The monoisotopic (exact) mass is 377 g/mol. The number of benzene rings is 2. The molecule has 2 aromatic rings. The minimum absolute atomic E-state index is 0.0158. The fourth-order valence-corrected chi connectivity index (χ4v) is 3.83. The number of hydrogen-bond acceptors (Lipinski definition) is 4. The van der Waals surface area contributed by atoms with Gasteiger partial charge in [0.2, 0.25) is 0 Å². The highest BCUT2D eigenvalue weighted by Crippen LogP contribution is 2.25. The minimum atomic E-state index is -4.03. The maximum absolute atomic E-state index is 13.1. The standard InChI is InChI=1S/C14H13ClFNO4S2/c1-9-3-4-10(22(2,18)19)8-14(9)17-23(20,21)11-5-6-13(16)12(15)7-11/h3-8,17H,1-2H3. The highest BCUT2D eigenvalue weighted by Gasteiger charge is 2.18. The zero-order valence-corrected chi connectivity index (χ0v) is 14.6. The first kappa shape index (κ1) is 17.7. The van der Waals surface area contributed by atoms with Gasteiger partial charge in [-0.3, -0.25) is 4.72 Å². The van der Waals surface area contributed by atoms with Crippen LogP contribution in [0.1, 0.15) is 5.56 Å². The zero-order chi connectivity index (χ0) is 17.4. The van der Waals surface area contributed by atoms with E-state index in [0.717, 1.165) is 24.5 Å². The molecule has 0 spiro atoms. The van der Waals surface area contributed by atoms with Crippen molar-refractivity contribution in [2.75, 3.05) is 11.0 Å². The van der Waals surface area contributed by atoms with Crippen LogP contribution in [0, 0.1) is 12.7 Å². The first-order valence-corrected chi connectivity index (χ1v) is 10.0. The van der Waals surface area contributed by atoms with Gasteiger partial charge in [-0.05, 0) is 42.8 Å². The third-order valence-corrected chi connectivity index (χ3v) is 5.85. The van der Waals surface area contributed by atoms with Crippen molar-refractivity contribution in [2.24, 2.45) is 0 Å². The number of anilines is 1. The van der Waals surface area contributed by atoms with Gasteiger partial charge in [0, 0.05) is 6.26 Å². The zero-order valence-electron chi connectivity index (χ0n) is 12.2. The molecular formula is C14H13ClFNO4S2. The molecule has 9 heteroatoms. The summed E-state index contributed by atoms with van der Waals surface area (Å²) in [7, 11) is -7.51. The first-order valence-electron chi connectivity index (χ1n) is 6.29. The Morgan fingerprint density at radius 3 is 2.17 bits per heavy atom. The van der Waals surface area contributed by atoms with Crippen LogP contribution in [0.15, 0.2) is 46.2 Å². The molecule has 0 amide bonds. The Hall–Kier alpha value is -1.64. The maximum atomic E-state index is 13.1. The van der Waals surface area contributed by atoms with Crippen molar-refractivity contribution in [1.29, 1.82) is 0 Å². The van der Waals surface area contributed by atoms with Gasteiger partial charge in [0.05, 0.1) is 20.5 Å². The number of aryl methyl sites for hydroxylation is 1. The number of sulfone groups is 1. The fraction of sp³-hybridized carbons (Fsp3) is 0.143. The van der Waals surface area contributed by atoms with Gasteiger partial charge in [-0.15, -0.1) is 0 Å². The molecule has 0 heterocycles. The van der Waals surface area contributed by atoms with Gasteiger partial charge in [0.15, 0.2) is 9.84 Å². The molecule has 1 N–H and O–H groups in total. The lowest BCUT2D eigenvalue weighted by atomic mass is 10.2. The van der Waals surface area contributed by atoms with Crippen LogP contribution in [-0.2, 0) is 19.9 Å². The van der Waals surface area contributed by atoms with Crippen molar-refractivity contribution < 1.29 is 21.2 Å². The molecule has 2 aromatic carbocycles. The van der Waals surface area contributed by atoms with E-state index in [9.17, 15) is 21.2 Å². The Morgan fingerprint density at radius 1 is 1.00 bits per heavy atom. The summed E-state index contributed by atoms with van der Waals surface area (Å²) in [4.78, 5) is -0.244. The molecule has 124 valence electrons. The molecule has 0 bridgehead atoms. The van der Waals surface area contributed by atoms with E-state index < -0.39 is 25.7 Å². The van der Waals surface area contributed by atoms with E-state index in [-0.39, 0.29) is 20.5 Å². The number of nitrogens with one attached hydrogen (secondary N) is 1. The quantitative estimate of drug-likeness (QED) is 0.888. The Morgan fingerprint density at radius 2 is 1.61 bits per heavy atom. The van der Waals surface area contributed by atoms with Crippen LogP contribution in [0.4, 0.5) is 10.1 Å². The van der Waals surface area contributed by atoms with Gasteiger partial charge < -0.3 is 0 Å². The maximum Gasteiger partial charge on any atom is 0.261 e. The molecule has 0 aliphatic rings. The molecule has 0 aliphatic heterocycles. The molecule has 0 radical (unpaired) electrons. The lowest BCUT2D eigenvalue weighted by Crippen LogP contribution is -2.14. The molecule has 0 unspecified atom stereocenters. The second kappa shape index (κ2) is 6.10. The van der Waals surface area contributed by atoms with Crippen molar-refractivity contribution in [3.05, 3.63) is 52.8 Å². The summed E-state index contributed by atoms with van der Waals surface area (Å²) in [5.41, 5.74) is 0.655. The summed E-state index contributed by atoms with van der Waals surface area (Å²) >= 11 is 5.59. The number of halogens is 2. The summed E-state index contributed by atoms with van der Waals surface area (Å²) in [6.45, 7) is 1.63. The second-order valence-corrected chi connectivity index (χ2v) is 9.04. The van der Waals surface area contributed by atoms with Gasteiger partial charge in [-0.2, -0.15) is 0 Å². The molecule has 0 atom stereocenters. The lowest BCUT2D eigenvalue weighted by molar-refractivity contribution is 0.598. The highest BCUT2D eigenvalue weighted by atomic mass is 35.5. The van der Waals surface area contributed by atoms with Crippen LogP contribution >= 0.6 is 11.6 Å². The van der Waals surface area contributed by atoms with Crippen molar-refractivity contribution in [1.82, 2.24) is 0 Å². The molecular weight excluding hydrogens is 365 g/mol. The topological polar surface area (TPSA) is 80.3 Å². The van der Waals surface area contributed by atoms with Crippen molar-refractivity contribution >= 4 is 37.1 Å². The molecule has 2 rings (SSSR count). The van der Waals surface area contributed by atoms with Crippen LogP contribution in [-0.4, -0.2) is 23.1 Å². The summed E-state index contributed by atoms with van der Waals surface area (Å²) in [6.07, 6.45) is 1.02. The molecule has 0 fully saturated rings. The first-order chi connectivity index (χ1) is 10.5. The van der Waals surface area contributed by atoms with Gasteiger partial charge >= 0.3 is 0 Å². The van der Waals surface area contributed by atoms with E-state index in [1.54, 1.807) is 6.92 Å². The lowest BCUT2D eigenvalue weighted by Gasteiger charge is -2.12. The summed E-state index contributed by atoms with van der Waals surface area (Å²) in [5, 5.41) is -0.325. The van der Waals surface area contributed by atoms with Crippen LogP contribution in [0.2, 0.25) is 5.02 Å². The number of hydrogen-bond donors (Lipinski definition) is 1. The van der Waals surface area contributed by atoms with Gasteiger partial charge in [0.1, 0.15) is 5.82 Å². The number of sulfonamides is 1. The Balaban J connectivity index is 2.46. The largest absolute Gasteiger partial charge is 0.279 e. The second-order valence-electron chi connectivity index (χ2n) is 4.93. The van der Waals surface area contributed by atoms with Gasteiger partial charge in [0.25, 0.3) is 10.0 Å². The van der Waals surface area contributed by atoms with Crippen LogP contribution < -0.4 is 4.72 Å². The van der Waals surface area contributed by atoms with E-state index in [0.29, 0.717) is 5.56 Å². The number of rotatable bonds is 4. The van der Waals surface area contributed by atoms with Crippen LogP contribution in [0.5, 0.6) is 0 Å². The normalized spacial score (nSPS) is 12.2. The predicted molar refractivity (Wildman–Crippen MR) is 86.5 cm³/mol. The third kappa shape index (κ3) is 4.01. The van der Waals surface area contributed by atoms with E-state index in [2.05, 4.69) is 4.72 Å². The third-order valence-electron chi connectivity index (χ3n) is 3.08. The molecule has 0 saturated heterocycles. The SMILES string of the molecule is Cc1ccc(S(C)(=O)=O)cc1NS(=O)(=O)c1ccc(F)c(Cl)c1. The van der Waals surface area contributed by atoms with E-state index in [1.807, 2.05) is 0 Å². The molecule has 23 heavy (non-hydrogen) atoms. The molecule has 5 nitrogen and oxygen atoms in total. The van der Waals surface area contributed by atoms with Crippen molar-refractivity contribution in [2.45, 2.75) is 16.7 Å². The molecule has 0 saturated carbocycles. The highest BCUT2D eigenvalue weighted by molar-refractivity contribution is 7.92. The van der Waals surface area contributed by atoms with Crippen molar-refractivity contribution in [3.63, 3.8) is 0 Å². The summed E-state index contributed by atoms with van der Waals surface area (Å²) in [6, 6.07) is 7.10. The van der Waals surface area contributed by atoms with Gasteiger partial charge in [-0.25, -0.2) is 21.2 Å². The Labute approximate surface area is 139 Å². The van der Waals surface area contributed by atoms with Crippen LogP contribution in [0.25, 0.3) is 0 Å². The Kier molecular flexibility index (Phi) is 4.70.